The number of aryl methyl sites for hydroxylation is 1. The average molecular weight is 458 g/mol. The summed E-state index contributed by atoms with van der Waals surface area (Å²) in [6.45, 7) is 1.94. The van der Waals surface area contributed by atoms with Crippen molar-refractivity contribution in [3.8, 4) is 17.2 Å². The van der Waals surface area contributed by atoms with Crippen molar-refractivity contribution in [2.75, 3.05) is 12.0 Å². The number of anilines is 1. The lowest BCUT2D eigenvalue weighted by Gasteiger charge is -2.26. The highest BCUT2D eigenvalue weighted by molar-refractivity contribution is 7.80. The Morgan fingerprint density at radius 1 is 0.909 bits per heavy atom. The maximum absolute atomic E-state index is 6.04. The zero-order chi connectivity index (χ0) is 22.8. The van der Waals surface area contributed by atoms with E-state index in [9.17, 15) is 0 Å². The molecule has 7 heteroatoms. The molecule has 166 valence electrons. The van der Waals surface area contributed by atoms with Gasteiger partial charge >= 0.3 is 0 Å². The van der Waals surface area contributed by atoms with E-state index in [1.54, 1.807) is 13.3 Å². The second kappa shape index (κ2) is 8.96. The van der Waals surface area contributed by atoms with E-state index in [1.165, 1.54) is 0 Å². The van der Waals surface area contributed by atoms with Gasteiger partial charge in [0.15, 0.2) is 5.11 Å². The molecule has 1 saturated heterocycles. The molecule has 0 radical (unpaired) electrons. The Morgan fingerprint density at radius 2 is 1.61 bits per heavy atom. The summed E-state index contributed by atoms with van der Waals surface area (Å²) in [4.78, 5) is 6.63. The maximum Gasteiger partial charge on any atom is 0.174 e. The fourth-order valence-corrected chi connectivity index (χ4v) is 4.33. The Labute approximate surface area is 197 Å². The van der Waals surface area contributed by atoms with E-state index in [4.69, 9.17) is 26.1 Å². The first kappa shape index (κ1) is 21.0. The third kappa shape index (κ3) is 4.27. The third-order valence-corrected chi connectivity index (χ3v) is 5.88. The molecule has 2 aromatic heterocycles. The first-order valence-corrected chi connectivity index (χ1v) is 11.0. The third-order valence-electron chi connectivity index (χ3n) is 5.56. The van der Waals surface area contributed by atoms with Crippen LogP contribution in [-0.4, -0.2) is 17.2 Å². The predicted molar refractivity (Wildman–Crippen MR) is 131 cm³/mol. The number of hydrogen-bond acceptors (Lipinski definition) is 5. The first-order valence-electron chi connectivity index (χ1n) is 10.6. The molecule has 0 amide bonds. The summed E-state index contributed by atoms with van der Waals surface area (Å²) < 4.78 is 17.2. The predicted octanol–water partition coefficient (Wildman–Crippen LogP) is 5.96. The zero-order valence-electron chi connectivity index (χ0n) is 18.3. The van der Waals surface area contributed by atoms with E-state index in [1.807, 2.05) is 85.8 Å². The fraction of sp³-hybridized carbons (Fsp3) is 0.154. The number of nitrogens with one attached hydrogen (secondary N) is 1. The molecule has 2 atom stereocenters. The Balaban J connectivity index is 1.44. The van der Waals surface area contributed by atoms with Crippen molar-refractivity contribution in [1.82, 2.24) is 10.3 Å². The average Bonchev–Trinajstić information content (AvgIpc) is 3.43. The lowest BCUT2D eigenvalue weighted by atomic mass is 10.0. The van der Waals surface area contributed by atoms with E-state index in [0.717, 1.165) is 40.2 Å². The number of benzene rings is 2. The molecule has 1 aliphatic heterocycles. The summed E-state index contributed by atoms with van der Waals surface area (Å²) in [5, 5.41) is 4.05. The lowest BCUT2D eigenvalue weighted by molar-refractivity contribution is 0.413. The van der Waals surface area contributed by atoms with Crippen LogP contribution in [0.15, 0.2) is 89.5 Å². The van der Waals surface area contributed by atoms with E-state index in [2.05, 4.69) is 15.2 Å². The van der Waals surface area contributed by atoms with Crippen LogP contribution in [0.1, 0.15) is 29.3 Å². The monoisotopic (exact) mass is 457 g/mol. The number of furan rings is 1. The van der Waals surface area contributed by atoms with Gasteiger partial charge in [-0.15, -0.1) is 0 Å². The van der Waals surface area contributed by atoms with Crippen molar-refractivity contribution in [2.45, 2.75) is 19.0 Å². The molecular formula is C26H23N3O3S. The molecule has 0 bridgehead atoms. The van der Waals surface area contributed by atoms with Crippen LogP contribution in [-0.2, 0) is 0 Å². The highest BCUT2D eigenvalue weighted by Gasteiger charge is 2.42. The first-order chi connectivity index (χ1) is 16.1. The van der Waals surface area contributed by atoms with Crippen LogP contribution < -0.4 is 19.7 Å². The summed E-state index contributed by atoms with van der Waals surface area (Å²) in [5.41, 5.74) is 1.84. The molecule has 2 unspecified atom stereocenters. The molecule has 4 aromatic rings. The van der Waals surface area contributed by atoms with Crippen molar-refractivity contribution in [3.63, 3.8) is 0 Å². The smallest absolute Gasteiger partial charge is 0.174 e. The lowest BCUT2D eigenvalue weighted by Crippen LogP contribution is -2.29. The number of rotatable bonds is 6. The molecule has 2 aromatic carbocycles. The van der Waals surface area contributed by atoms with Gasteiger partial charge in [-0.2, -0.15) is 0 Å². The molecule has 0 spiro atoms. The van der Waals surface area contributed by atoms with Crippen LogP contribution in [0.4, 0.5) is 5.69 Å². The number of nitrogens with zero attached hydrogens (tertiary/aromatic N) is 2. The highest BCUT2D eigenvalue weighted by Crippen LogP contribution is 2.42. The molecule has 3 heterocycles. The largest absolute Gasteiger partial charge is 0.497 e. The number of hydrogen-bond donors (Lipinski definition) is 1. The van der Waals surface area contributed by atoms with E-state index < -0.39 is 0 Å². The van der Waals surface area contributed by atoms with Gasteiger partial charge in [0.25, 0.3) is 0 Å². The molecule has 1 N–H and O–H groups in total. The Hall–Kier alpha value is -3.84. The van der Waals surface area contributed by atoms with Gasteiger partial charge in [0.1, 0.15) is 34.8 Å². The van der Waals surface area contributed by atoms with E-state index >= 15 is 0 Å². The summed E-state index contributed by atoms with van der Waals surface area (Å²) in [7, 11) is 1.64. The quantitative estimate of drug-likeness (QED) is 0.358. The van der Waals surface area contributed by atoms with Gasteiger partial charge in [0, 0.05) is 11.9 Å². The van der Waals surface area contributed by atoms with Crippen LogP contribution in [0, 0.1) is 6.92 Å². The topological polar surface area (TPSA) is 59.8 Å². The van der Waals surface area contributed by atoms with Crippen LogP contribution in [0.3, 0.4) is 0 Å². The molecule has 0 aliphatic carbocycles. The van der Waals surface area contributed by atoms with Gasteiger partial charge in [-0.25, -0.2) is 0 Å². The number of aromatic nitrogens is 1. The minimum absolute atomic E-state index is 0.139. The number of ether oxygens (including phenoxy) is 2. The Kier molecular flexibility index (Phi) is 5.71. The zero-order valence-corrected chi connectivity index (χ0v) is 19.1. The second-order valence-corrected chi connectivity index (χ2v) is 8.10. The minimum atomic E-state index is -0.172. The van der Waals surface area contributed by atoms with Gasteiger partial charge in [0.2, 0.25) is 0 Å². The standard InChI is InChI=1S/C26H23N3O3S/c1-17-6-15-23(31-17)25-24(22-5-3-4-16-27-22)28-26(33)29(25)18-7-9-20(10-8-18)32-21-13-11-19(30-2)12-14-21/h3-16,24-25H,1-2H3,(H,28,33). The molecule has 1 aliphatic rings. The van der Waals surface area contributed by atoms with Gasteiger partial charge < -0.3 is 24.1 Å². The fourth-order valence-electron chi connectivity index (χ4n) is 3.99. The summed E-state index contributed by atoms with van der Waals surface area (Å²) in [6.07, 6.45) is 1.79. The Bertz CT molecular complexity index is 1240. The summed E-state index contributed by atoms with van der Waals surface area (Å²) in [6, 6.07) is 24.9. The molecule has 1 fully saturated rings. The van der Waals surface area contributed by atoms with Crippen molar-refractivity contribution >= 4 is 23.0 Å². The number of methoxy groups -OCH3 is 1. The maximum atomic E-state index is 6.04. The van der Waals surface area contributed by atoms with Crippen molar-refractivity contribution in [3.05, 3.63) is 102 Å². The minimum Gasteiger partial charge on any atom is -0.497 e. The van der Waals surface area contributed by atoms with Crippen molar-refractivity contribution in [1.29, 1.82) is 0 Å². The number of pyridine rings is 1. The van der Waals surface area contributed by atoms with Crippen molar-refractivity contribution in [2.24, 2.45) is 0 Å². The molecule has 5 rings (SSSR count). The molecule has 33 heavy (non-hydrogen) atoms. The van der Waals surface area contributed by atoms with Crippen LogP contribution in [0.5, 0.6) is 17.2 Å². The van der Waals surface area contributed by atoms with Gasteiger partial charge in [0.05, 0.1) is 18.8 Å². The highest BCUT2D eigenvalue weighted by atomic mass is 32.1. The Morgan fingerprint density at radius 3 is 2.21 bits per heavy atom. The van der Waals surface area contributed by atoms with Gasteiger partial charge in [-0.3, -0.25) is 4.98 Å². The van der Waals surface area contributed by atoms with Crippen molar-refractivity contribution < 1.29 is 13.9 Å². The second-order valence-electron chi connectivity index (χ2n) is 7.72. The van der Waals surface area contributed by atoms with Crippen LogP contribution in [0.25, 0.3) is 0 Å². The molecule has 6 nitrogen and oxygen atoms in total. The van der Waals surface area contributed by atoms with E-state index in [0.29, 0.717) is 5.11 Å². The molecule has 0 saturated carbocycles. The van der Waals surface area contributed by atoms with Crippen LogP contribution >= 0.6 is 12.2 Å². The summed E-state index contributed by atoms with van der Waals surface area (Å²) >= 11 is 5.75. The molecular weight excluding hydrogens is 434 g/mol. The van der Waals surface area contributed by atoms with Gasteiger partial charge in [-0.05, 0) is 91.9 Å². The van der Waals surface area contributed by atoms with E-state index in [-0.39, 0.29) is 12.1 Å². The normalized spacial score (nSPS) is 17.6. The van der Waals surface area contributed by atoms with Gasteiger partial charge in [-0.1, -0.05) is 6.07 Å². The van der Waals surface area contributed by atoms with Crippen LogP contribution in [0.2, 0.25) is 0 Å². The number of thiocarbonyl (C=S) groups is 1. The summed E-state index contributed by atoms with van der Waals surface area (Å²) in [5.74, 6) is 3.93. The SMILES string of the molecule is COc1ccc(Oc2ccc(N3C(=S)NC(c4ccccn4)C3c3ccc(C)o3)cc2)cc1.